The van der Waals surface area contributed by atoms with Crippen LogP contribution in [-0.2, 0) is 9.47 Å². The normalized spacial score (nSPS) is 25.1. The first-order valence-electron chi connectivity index (χ1n) is 5.76. The first kappa shape index (κ1) is 12.0. The molecule has 0 amide bonds. The molecule has 1 fully saturated rings. The zero-order chi connectivity index (χ0) is 11.2. The molecular weight excluding hydrogens is 222 g/mol. The highest BCUT2D eigenvalue weighted by Crippen LogP contribution is 2.36. The van der Waals surface area contributed by atoms with Crippen molar-refractivity contribution in [3.63, 3.8) is 0 Å². The van der Waals surface area contributed by atoms with Crippen molar-refractivity contribution in [3.05, 3.63) is 22.4 Å². The second kappa shape index (κ2) is 6.35. The molecule has 1 aromatic heterocycles. The first-order chi connectivity index (χ1) is 7.92. The Morgan fingerprint density at radius 3 is 3.31 bits per heavy atom. The van der Waals surface area contributed by atoms with Crippen molar-refractivity contribution in [2.75, 3.05) is 33.4 Å². The molecule has 4 heteroatoms. The van der Waals surface area contributed by atoms with E-state index < -0.39 is 0 Å². The highest BCUT2D eigenvalue weighted by molar-refractivity contribution is 7.10. The molecule has 1 aliphatic rings. The molecule has 0 aromatic carbocycles. The maximum absolute atomic E-state index is 5.81. The minimum Gasteiger partial charge on any atom is -0.383 e. The van der Waals surface area contributed by atoms with Gasteiger partial charge in [-0.1, -0.05) is 6.07 Å². The fourth-order valence-electron chi connectivity index (χ4n) is 2.07. The van der Waals surface area contributed by atoms with Crippen molar-refractivity contribution in [1.82, 2.24) is 5.32 Å². The molecule has 3 nitrogen and oxygen atoms in total. The molecule has 0 bridgehead atoms. The van der Waals surface area contributed by atoms with Crippen LogP contribution in [0, 0.1) is 5.92 Å². The lowest BCUT2D eigenvalue weighted by Gasteiger charge is -2.17. The fraction of sp³-hybridized carbons (Fsp3) is 0.667. The Labute approximate surface area is 101 Å². The topological polar surface area (TPSA) is 30.5 Å². The van der Waals surface area contributed by atoms with Crippen LogP contribution < -0.4 is 5.32 Å². The summed E-state index contributed by atoms with van der Waals surface area (Å²) >= 11 is 1.79. The molecule has 1 saturated heterocycles. The van der Waals surface area contributed by atoms with Crippen LogP contribution in [0.15, 0.2) is 17.5 Å². The molecule has 1 aliphatic heterocycles. The Hall–Kier alpha value is -0.420. The number of thiophene rings is 1. The van der Waals surface area contributed by atoms with E-state index in [9.17, 15) is 0 Å². The van der Waals surface area contributed by atoms with Crippen molar-refractivity contribution in [1.29, 1.82) is 0 Å². The number of hydrogen-bond acceptors (Lipinski definition) is 4. The lowest BCUT2D eigenvalue weighted by molar-refractivity contribution is 0.0927. The van der Waals surface area contributed by atoms with E-state index in [4.69, 9.17) is 9.47 Å². The van der Waals surface area contributed by atoms with E-state index in [-0.39, 0.29) is 0 Å². The van der Waals surface area contributed by atoms with Crippen LogP contribution in [-0.4, -0.2) is 33.4 Å². The third kappa shape index (κ3) is 3.04. The summed E-state index contributed by atoms with van der Waals surface area (Å²) in [5, 5.41) is 5.54. The molecule has 1 aromatic rings. The average molecular weight is 241 g/mol. The van der Waals surface area contributed by atoms with Gasteiger partial charge in [-0.25, -0.2) is 0 Å². The van der Waals surface area contributed by atoms with Gasteiger partial charge >= 0.3 is 0 Å². The van der Waals surface area contributed by atoms with Crippen LogP contribution in [0.2, 0.25) is 0 Å². The summed E-state index contributed by atoms with van der Waals surface area (Å²) in [6, 6.07) is 4.26. The minimum absolute atomic E-state index is 0.301. The summed E-state index contributed by atoms with van der Waals surface area (Å²) in [5.74, 6) is 0.607. The van der Waals surface area contributed by atoms with Gasteiger partial charge in [0.25, 0.3) is 0 Å². The van der Waals surface area contributed by atoms with E-state index in [1.807, 2.05) is 0 Å². The van der Waals surface area contributed by atoms with Crippen molar-refractivity contribution in [2.24, 2.45) is 5.92 Å². The molecule has 2 atom stereocenters. The van der Waals surface area contributed by atoms with Crippen LogP contribution in [0.1, 0.15) is 17.4 Å². The van der Waals surface area contributed by atoms with E-state index >= 15 is 0 Å². The lowest BCUT2D eigenvalue weighted by Crippen LogP contribution is -2.27. The van der Waals surface area contributed by atoms with Gasteiger partial charge in [-0.3, -0.25) is 0 Å². The molecule has 0 radical (unpaired) electrons. The lowest BCUT2D eigenvalue weighted by atomic mass is 10.0. The monoisotopic (exact) mass is 241 g/mol. The van der Waals surface area contributed by atoms with Gasteiger partial charge in [0.05, 0.1) is 12.7 Å². The van der Waals surface area contributed by atoms with E-state index in [0.717, 1.165) is 32.7 Å². The maximum atomic E-state index is 5.81. The van der Waals surface area contributed by atoms with Gasteiger partial charge in [-0.05, 0) is 17.9 Å². The van der Waals surface area contributed by atoms with E-state index in [1.54, 1.807) is 18.4 Å². The van der Waals surface area contributed by atoms with Crippen molar-refractivity contribution >= 4 is 11.3 Å². The summed E-state index contributed by atoms with van der Waals surface area (Å²) in [5.41, 5.74) is 0. The quantitative estimate of drug-likeness (QED) is 0.773. The molecule has 0 spiro atoms. The van der Waals surface area contributed by atoms with Gasteiger partial charge in [0, 0.05) is 37.6 Å². The van der Waals surface area contributed by atoms with Crippen LogP contribution in [0.4, 0.5) is 0 Å². The largest absolute Gasteiger partial charge is 0.383 e. The van der Waals surface area contributed by atoms with Gasteiger partial charge in [-0.15, -0.1) is 11.3 Å². The molecule has 1 N–H and O–H groups in total. The third-order valence-electron chi connectivity index (χ3n) is 2.93. The Morgan fingerprint density at radius 1 is 1.62 bits per heavy atom. The molecule has 16 heavy (non-hydrogen) atoms. The fourth-order valence-corrected chi connectivity index (χ4v) is 2.94. The zero-order valence-corrected chi connectivity index (χ0v) is 10.5. The van der Waals surface area contributed by atoms with Crippen molar-refractivity contribution in [2.45, 2.75) is 12.5 Å². The van der Waals surface area contributed by atoms with Crippen molar-refractivity contribution < 1.29 is 9.47 Å². The summed E-state index contributed by atoms with van der Waals surface area (Å²) in [4.78, 5) is 1.36. The maximum Gasteiger partial charge on any atom is 0.0957 e. The SMILES string of the molecule is COCCNCC1CCOC1c1cccs1. The van der Waals surface area contributed by atoms with Gasteiger partial charge in [-0.2, -0.15) is 0 Å². The molecule has 2 unspecified atom stereocenters. The Kier molecular flexibility index (Phi) is 4.78. The Bertz CT molecular complexity index is 289. The van der Waals surface area contributed by atoms with Crippen LogP contribution >= 0.6 is 11.3 Å². The highest BCUT2D eigenvalue weighted by Gasteiger charge is 2.29. The first-order valence-corrected chi connectivity index (χ1v) is 6.64. The van der Waals surface area contributed by atoms with E-state index in [1.165, 1.54) is 4.88 Å². The standard InChI is InChI=1S/C12H19NO2S/c1-14-7-5-13-9-10-4-6-15-12(10)11-3-2-8-16-11/h2-3,8,10,12-13H,4-7,9H2,1H3. The predicted molar refractivity (Wildman–Crippen MR) is 65.9 cm³/mol. The number of rotatable bonds is 6. The zero-order valence-electron chi connectivity index (χ0n) is 9.65. The number of hydrogen-bond donors (Lipinski definition) is 1. The van der Waals surface area contributed by atoms with Gasteiger partial charge in [0.2, 0.25) is 0 Å². The predicted octanol–water partition coefficient (Wildman–Crippen LogP) is 2.06. The van der Waals surface area contributed by atoms with Crippen LogP contribution in [0.25, 0.3) is 0 Å². The van der Waals surface area contributed by atoms with Crippen molar-refractivity contribution in [3.8, 4) is 0 Å². The Balaban J connectivity index is 1.80. The molecule has 2 rings (SSSR count). The van der Waals surface area contributed by atoms with Crippen LogP contribution in [0.5, 0.6) is 0 Å². The van der Waals surface area contributed by atoms with Gasteiger partial charge in [0.1, 0.15) is 0 Å². The van der Waals surface area contributed by atoms with Gasteiger partial charge < -0.3 is 14.8 Å². The summed E-state index contributed by atoms with van der Waals surface area (Å²) < 4.78 is 10.8. The smallest absolute Gasteiger partial charge is 0.0957 e. The molecule has 0 aliphatic carbocycles. The van der Waals surface area contributed by atoms with Gasteiger partial charge in [0.15, 0.2) is 0 Å². The molecule has 0 saturated carbocycles. The Morgan fingerprint density at radius 2 is 2.56 bits per heavy atom. The van der Waals surface area contributed by atoms with E-state index in [2.05, 4.69) is 22.8 Å². The number of ether oxygens (including phenoxy) is 2. The summed E-state index contributed by atoms with van der Waals surface area (Å²) in [6.45, 7) is 3.60. The number of methoxy groups -OCH3 is 1. The number of nitrogens with one attached hydrogen (secondary N) is 1. The van der Waals surface area contributed by atoms with E-state index in [0.29, 0.717) is 12.0 Å². The molecule has 90 valence electrons. The minimum atomic E-state index is 0.301. The summed E-state index contributed by atoms with van der Waals surface area (Å²) in [6.07, 6.45) is 1.46. The molecule has 2 heterocycles. The second-order valence-electron chi connectivity index (χ2n) is 4.05. The van der Waals surface area contributed by atoms with Crippen LogP contribution in [0.3, 0.4) is 0 Å². The summed E-state index contributed by atoms with van der Waals surface area (Å²) in [7, 11) is 1.73. The third-order valence-corrected chi connectivity index (χ3v) is 3.86. The molecular formula is C12H19NO2S. The highest BCUT2D eigenvalue weighted by atomic mass is 32.1. The second-order valence-corrected chi connectivity index (χ2v) is 5.03. The average Bonchev–Trinajstić information content (AvgIpc) is 2.94.